The average molecular weight is 463 g/mol. The molecule has 0 saturated carbocycles. The summed E-state index contributed by atoms with van der Waals surface area (Å²) in [7, 11) is -2.13. The van der Waals surface area contributed by atoms with E-state index in [-0.39, 0.29) is 23.8 Å². The van der Waals surface area contributed by atoms with E-state index < -0.39 is 22.6 Å². The Labute approximate surface area is 189 Å². The normalized spacial score (nSPS) is 11.1. The van der Waals surface area contributed by atoms with Gasteiger partial charge in [-0.2, -0.15) is 0 Å². The Kier molecular flexibility index (Phi) is 9.67. The summed E-state index contributed by atoms with van der Waals surface area (Å²) in [6, 6.07) is 13.9. The van der Waals surface area contributed by atoms with E-state index in [0.717, 1.165) is 12.0 Å². The Hall–Kier alpha value is -2.91. The molecular formula is C23H30N2O6S. The van der Waals surface area contributed by atoms with Crippen molar-refractivity contribution in [3.63, 3.8) is 0 Å². The highest BCUT2D eigenvalue weighted by Crippen LogP contribution is 2.15. The molecule has 0 aliphatic carbocycles. The maximum Gasteiger partial charge on any atom is 0.307 e. The van der Waals surface area contributed by atoms with Gasteiger partial charge in [-0.1, -0.05) is 31.2 Å². The molecule has 0 saturated heterocycles. The van der Waals surface area contributed by atoms with Crippen LogP contribution in [0, 0.1) is 0 Å². The number of sulfonamides is 1. The van der Waals surface area contributed by atoms with Crippen LogP contribution in [0.5, 0.6) is 5.75 Å². The number of hydrogen-bond donors (Lipinski definition) is 1. The van der Waals surface area contributed by atoms with Gasteiger partial charge in [0.2, 0.25) is 10.0 Å². The van der Waals surface area contributed by atoms with Gasteiger partial charge in [0.05, 0.1) is 17.9 Å². The second-order valence-corrected chi connectivity index (χ2v) is 8.90. The number of ether oxygens (including phenoxy) is 2. The van der Waals surface area contributed by atoms with Gasteiger partial charge >= 0.3 is 5.97 Å². The monoisotopic (exact) mass is 462 g/mol. The van der Waals surface area contributed by atoms with E-state index in [0.29, 0.717) is 18.9 Å². The van der Waals surface area contributed by atoms with Crippen LogP contribution in [-0.4, -0.2) is 52.0 Å². The van der Waals surface area contributed by atoms with Crippen LogP contribution in [0.2, 0.25) is 0 Å². The minimum absolute atomic E-state index is 0.0677. The van der Waals surface area contributed by atoms with Crippen LogP contribution in [0.15, 0.2) is 53.4 Å². The van der Waals surface area contributed by atoms with Crippen LogP contribution in [0.3, 0.4) is 0 Å². The van der Waals surface area contributed by atoms with Crippen molar-refractivity contribution in [1.29, 1.82) is 0 Å². The molecule has 0 radical (unpaired) electrons. The van der Waals surface area contributed by atoms with Crippen LogP contribution < -0.4 is 9.46 Å². The van der Waals surface area contributed by atoms with E-state index >= 15 is 0 Å². The third-order valence-corrected chi connectivity index (χ3v) is 6.18. The highest BCUT2D eigenvalue weighted by molar-refractivity contribution is 7.89. The number of nitrogens with zero attached hydrogens (tertiary/aromatic N) is 1. The topological polar surface area (TPSA) is 102 Å². The predicted octanol–water partition coefficient (Wildman–Crippen LogP) is 2.52. The molecule has 2 rings (SSSR count). The van der Waals surface area contributed by atoms with Crippen LogP contribution in [-0.2, 0) is 37.3 Å². The molecule has 0 fully saturated rings. The summed E-state index contributed by atoms with van der Waals surface area (Å²) in [5.41, 5.74) is 2.20. The summed E-state index contributed by atoms with van der Waals surface area (Å²) in [5.74, 6) is -0.427. The minimum Gasteiger partial charge on any atom is -0.494 e. The van der Waals surface area contributed by atoms with Gasteiger partial charge in [0.15, 0.2) is 6.61 Å². The molecule has 0 aliphatic heterocycles. The first kappa shape index (κ1) is 25.4. The van der Waals surface area contributed by atoms with Crippen molar-refractivity contribution >= 4 is 21.9 Å². The number of nitrogens with one attached hydrogen (secondary N) is 1. The molecule has 0 bridgehead atoms. The van der Waals surface area contributed by atoms with Gasteiger partial charge in [0.25, 0.3) is 5.91 Å². The maximum absolute atomic E-state index is 12.3. The zero-order valence-electron chi connectivity index (χ0n) is 18.7. The highest BCUT2D eigenvalue weighted by atomic mass is 32.2. The smallest absolute Gasteiger partial charge is 0.307 e. The Bertz CT molecular complexity index is 988. The Balaban J connectivity index is 1.73. The van der Waals surface area contributed by atoms with Crippen molar-refractivity contribution in [2.75, 3.05) is 26.8 Å². The van der Waals surface area contributed by atoms with E-state index in [4.69, 9.17) is 9.47 Å². The fourth-order valence-corrected chi connectivity index (χ4v) is 3.85. The summed E-state index contributed by atoms with van der Waals surface area (Å²) in [4.78, 5) is 25.6. The van der Waals surface area contributed by atoms with Gasteiger partial charge in [0.1, 0.15) is 5.75 Å². The number of amides is 1. The molecule has 32 heavy (non-hydrogen) atoms. The second-order valence-electron chi connectivity index (χ2n) is 7.13. The Morgan fingerprint density at radius 2 is 1.59 bits per heavy atom. The molecule has 1 N–H and O–H groups in total. The first-order valence-corrected chi connectivity index (χ1v) is 11.9. The number of esters is 1. The van der Waals surface area contributed by atoms with Gasteiger partial charge < -0.3 is 14.4 Å². The van der Waals surface area contributed by atoms with Crippen LogP contribution in [0.25, 0.3) is 0 Å². The molecule has 0 atom stereocenters. The molecule has 0 aliphatic rings. The predicted molar refractivity (Wildman–Crippen MR) is 121 cm³/mol. The van der Waals surface area contributed by atoms with Gasteiger partial charge in [-0.05, 0) is 48.7 Å². The number of benzene rings is 2. The second kappa shape index (κ2) is 12.2. The first-order chi connectivity index (χ1) is 15.2. The van der Waals surface area contributed by atoms with Crippen molar-refractivity contribution in [2.24, 2.45) is 0 Å². The van der Waals surface area contributed by atoms with Crippen molar-refractivity contribution < 1.29 is 27.5 Å². The fraction of sp³-hybridized carbons (Fsp3) is 0.391. The number of carbonyl (C=O) groups excluding carboxylic acids is 2. The zero-order chi connectivity index (χ0) is 23.6. The number of rotatable bonds is 12. The first-order valence-electron chi connectivity index (χ1n) is 10.4. The summed E-state index contributed by atoms with van der Waals surface area (Å²) in [6.45, 7) is 4.27. The third kappa shape index (κ3) is 7.97. The van der Waals surface area contributed by atoms with Crippen LogP contribution in [0.4, 0.5) is 0 Å². The minimum atomic E-state index is -3.76. The van der Waals surface area contributed by atoms with E-state index in [1.54, 1.807) is 19.2 Å². The molecular weight excluding hydrogens is 432 g/mol. The summed E-state index contributed by atoms with van der Waals surface area (Å²) >= 11 is 0. The lowest BCUT2D eigenvalue weighted by molar-refractivity contribution is -0.151. The quantitative estimate of drug-likeness (QED) is 0.487. The molecule has 8 nitrogen and oxygen atoms in total. The lowest BCUT2D eigenvalue weighted by atomic mass is 10.1. The molecule has 0 aromatic heterocycles. The molecule has 174 valence electrons. The van der Waals surface area contributed by atoms with E-state index in [9.17, 15) is 18.0 Å². The van der Waals surface area contributed by atoms with Crippen molar-refractivity contribution in [3.05, 3.63) is 59.7 Å². The molecule has 0 unspecified atom stereocenters. The van der Waals surface area contributed by atoms with Crippen LogP contribution in [0.1, 0.15) is 31.4 Å². The maximum atomic E-state index is 12.3. The number of likely N-dealkylation sites (N-methyl/N-ethyl adjacent to an activating group) is 1. The largest absolute Gasteiger partial charge is 0.494 e. The molecule has 0 spiro atoms. The van der Waals surface area contributed by atoms with E-state index in [1.807, 2.05) is 31.2 Å². The Morgan fingerprint density at radius 3 is 2.19 bits per heavy atom. The SMILES string of the molecule is CCOc1ccc(S(=O)(=O)NCCC(=O)OCC(=O)N(C)Cc2ccc(CC)cc2)cc1. The van der Waals surface area contributed by atoms with Crippen molar-refractivity contribution in [3.8, 4) is 5.75 Å². The summed E-state index contributed by atoms with van der Waals surface area (Å²) in [5, 5.41) is 0. The summed E-state index contributed by atoms with van der Waals surface area (Å²) in [6.07, 6.45) is 0.757. The fourth-order valence-electron chi connectivity index (χ4n) is 2.82. The summed E-state index contributed by atoms with van der Waals surface area (Å²) < 4.78 is 37.2. The van der Waals surface area contributed by atoms with Gasteiger partial charge in [-0.15, -0.1) is 0 Å². The van der Waals surface area contributed by atoms with Gasteiger partial charge in [-0.3, -0.25) is 9.59 Å². The standard InChI is InChI=1S/C23H30N2O6S/c1-4-18-6-8-19(9-7-18)16-25(3)22(26)17-31-23(27)14-15-24-32(28,29)21-12-10-20(11-13-21)30-5-2/h6-13,24H,4-5,14-17H2,1-3H3. The lowest BCUT2D eigenvalue weighted by Gasteiger charge is -2.17. The van der Waals surface area contributed by atoms with E-state index in [2.05, 4.69) is 11.6 Å². The molecule has 1 amide bonds. The van der Waals surface area contributed by atoms with Gasteiger partial charge in [-0.25, -0.2) is 13.1 Å². The third-order valence-electron chi connectivity index (χ3n) is 4.70. The lowest BCUT2D eigenvalue weighted by Crippen LogP contribution is -2.31. The Morgan fingerprint density at radius 1 is 0.969 bits per heavy atom. The molecule has 0 heterocycles. The molecule has 9 heteroatoms. The van der Waals surface area contributed by atoms with Crippen molar-refractivity contribution in [1.82, 2.24) is 9.62 Å². The average Bonchev–Trinajstić information content (AvgIpc) is 2.78. The van der Waals surface area contributed by atoms with E-state index in [1.165, 1.54) is 22.6 Å². The molecule has 2 aromatic rings. The molecule has 2 aromatic carbocycles. The number of aryl methyl sites for hydroxylation is 1. The number of hydrogen-bond acceptors (Lipinski definition) is 6. The van der Waals surface area contributed by atoms with Gasteiger partial charge in [0, 0.05) is 20.1 Å². The zero-order valence-corrected chi connectivity index (χ0v) is 19.5. The van der Waals surface area contributed by atoms with Crippen molar-refractivity contribution in [2.45, 2.75) is 38.1 Å². The highest BCUT2D eigenvalue weighted by Gasteiger charge is 2.16. The number of carbonyl (C=O) groups is 2. The van der Waals surface area contributed by atoms with Crippen LogP contribution >= 0.6 is 0 Å².